The molecule has 1 atom stereocenters. The molecule has 84 valence electrons. The second kappa shape index (κ2) is 5.29. The van der Waals surface area contributed by atoms with E-state index in [1.807, 2.05) is 31.2 Å². The van der Waals surface area contributed by atoms with Crippen LogP contribution in [0.15, 0.2) is 24.3 Å². The van der Waals surface area contributed by atoms with Gasteiger partial charge in [0.05, 0.1) is 6.61 Å². The van der Waals surface area contributed by atoms with Gasteiger partial charge in [0, 0.05) is 5.56 Å². The van der Waals surface area contributed by atoms with E-state index < -0.39 is 5.79 Å². The summed E-state index contributed by atoms with van der Waals surface area (Å²) in [5.41, 5.74) is 1.90. The van der Waals surface area contributed by atoms with Gasteiger partial charge in [0.1, 0.15) is 0 Å². The molecule has 2 heteroatoms. The molecule has 0 fully saturated rings. The molecule has 0 aliphatic heterocycles. The van der Waals surface area contributed by atoms with Crippen LogP contribution >= 0.6 is 0 Å². The van der Waals surface area contributed by atoms with E-state index in [0.29, 0.717) is 6.61 Å². The van der Waals surface area contributed by atoms with Crippen molar-refractivity contribution < 1.29 is 9.84 Å². The van der Waals surface area contributed by atoms with Crippen LogP contribution in [0.1, 0.15) is 37.8 Å². The van der Waals surface area contributed by atoms with E-state index >= 15 is 0 Å². The summed E-state index contributed by atoms with van der Waals surface area (Å²) in [4.78, 5) is 0. The zero-order chi connectivity index (χ0) is 11.3. The summed E-state index contributed by atoms with van der Waals surface area (Å²) in [5, 5.41) is 10.2. The van der Waals surface area contributed by atoms with E-state index in [0.717, 1.165) is 24.0 Å². The van der Waals surface area contributed by atoms with Crippen LogP contribution in [0.25, 0.3) is 0 Å². The molecule has 1 aromatic rings. The minimum absolute atomic E-state index is 0.595. The van der Waals surface area contributed by atoms with E-state index in [9.17, 15) is 5.11 Å². The minimum atomic E-state index is -1.17. The van der Waals surface area contributed by atoms with E-state index in [1.54, 1.807) is 6.92 Å². The smallest absolute Gasteiger partial charge is 0.189 e. The molecule has 1 N–H and O–H groups in total. The van der Waals surface area contributed by atoms with Crippen molar-refractivity contribution in [1.82, 2.24) is 0 Å². The standard InChI is InChI=1S/C13H20O2/c1-4-5-10-15-13(3,14)12-9-7-6-8-11(12)2/h6-9,14H,4-5,10H2,1-3H3. The van der Waals surface area contributed by atoms with Crippen LogP contribution in [-0.2, 0) is 10.5 Å². The highest BCUT2D eigenvalue weighted by Crippen LogP contribution is 2.25. The predicted octanol–water partition coefficient (Wildman–Crippen LogP) is 2.98. The lowest BCUT2D eigenvalue weighted by molar-refractivity contribution is -0.199. The van der Waals surface area contributed by atoms with Gasteiger partial charge in [0.15, 0.2) is 5.79 Å². The van der Waals surface area contributed by atoms with Crippen LogP contribution in [0.4, 0.5) is 0 Å². The van der Waals surface area contributed by atoms with Crippen LogP contribution in [-0.4, -0.2) is 11.7 Å². The molecule has 1 aromatic carbocycles. The Hall–Kier alpha value is -0.860. The lowest BCUT2D eigenvalue weighted by Gasteiger charge is -2.25. The summed E-state index contributed by atoms with van der Waals surface area (Å²) < 4.78 is 5.49. The summed E-state index contributed by atoms with van der Waals surface area (Å²) in [6.45, 7) is 6.38. The molecule has 2 nitrogen and oxygen atoms in total. The molecule has 1 unspecified atom stereocenters. The van der Waals surface area contributed by atoms with E-state index in [2.05, 4.69) is 6.92 Å². The first-order chi connectivity index (χ1) is 7.08. The molecule has 0 bridgehead atoms. The highest BCUT2D eigenvalue weighted by molar-refractivity contribution is 5.28. The zero-order valence-electron chi connectivity index (χ0n) is 9.79. The van der Waals surface area contributed by atoms with Gasteiger partial charge < -0.3 is 9.84 Å². The maximum Gasteiger partial charge on any atom is 0.189 e. The maximum absolute atomic E-state index is 10.2. The Kier molecular flexibility index (Phi) is 4.30. The second-order valence-corrected chi connectivity index (χ2v) is 4.00. The number of aliphatic hydroxyl groups is 1. The minimum Gasteiger partial charge on any atom is -0.362 e. The first kappa shape index (κ1) is 12.2. The Morgan fingerprint density at radius 1 is 1.33 bits per heavy atom. The summed E-state index contributed by atoms with van der Waals surface area (Å²) in [5.74, 6) is -1.17. The van der Waals surface area contributed by atoms with Crippen LogP contribution in [0.3, 0.4) is 0 Å². The molecule has 0 aromatic heterocycles. The van der Waals surface area contributed by atoms with Crippen molar-refractivity contribution >= 4 is 0 Å². The van der Waals surface area contributed by atoms with Crippen LogP contribution in [0.5, 0.6) is 0 Å². The van der Waals surface area contributed by atoms with Gasteiger partial charge in [-0.25, -0.2) is 0 Å². The monoisotopic (exact) mass is 208 g/mol. The van der Waals surface area contributed by atoms with Crippen molar-refractivity contribution in [3.63, 3.8) is 0 Å². The maximum atomic E-state index is 10.2. The highest BCUT2D eigenvalue weighted by Gasteiger charge is 2.24. The Morgan fingerprint density at radius 2 is 2.00 bits per heavy atom. The van der Waals surface area contributed by atoms with E-state index in [1.165, 1.54) is 0 Å². The molecule has 0 amide bonds. The lowest BCUT2D eigenvalue weighted by Crippen LogP contribution is -2.26. The third-order valence-electron chi connectivity index (χ3n) is 2.53. The van der Waals surface area contributed by atoms with E-state index in [4.69, 9.17) is 4.74 Å². The number of unbranched alkanes of at least 4 members (excludes halogenated alkanes) is 1. The molecule has 15 heavy (non-hydrogen) atoms. The molecular formula is C13H20O2. The number of aryl methyl sites for hydroxylation is 1. The van der Waals surface area contributed by atoms with Crippen molar-refractivity contribution in [3.05, 3.63) is 35.4 Å². The predicted molar refractivity (Wildman–Crippen MR) is 61.6 cm³/mol. The van der Waals surface area contributed by atoms with Crippen molar-refractivity contribution in [3.8, 4) is 0 Å². The van der Waals surface area contributed by atoms with E-state index in [-0.39, 0.29) is 0 Å². The van der Waals surface area contributed by atoms with Gasteiger partial charge in [-0.2, -0.15) is 0 Å². The van der Waals surface area contributed by atoms with Gasteiger partial charge in [-0.1, -0.05) is 37.6 Å². The quantitative estimate of drug-likeness (QED) is 0.595. The summed E-state index contributed by atoms with van der Waals surface area (Å²) in [7, 11) is 0. The van der Waals surface area contributed by atoms with Gasteiger partial charge in [0.2, 0.25) is 0 Å². The Bertz CT molecular complexity index is 305. The zero-order valence-corrected chi connectivity index (χ0v) is 9.79. The third-order valence-corrected chi connectivity index (χ3v) is 2.53. The van der Waals surface area contributed by atoms with Crippen molar-refractivity contribution in [1.29, 1.82) is 0 Å². The Labute approximate surface area is 91.9 Å². The third kappa shape index (κ3) is 3.33. The fourth-order valence-electron chi connectivity index (χ4n) is 1.59. The molecule has 0 aliphatic carbocycles. The fourth-order valence-corrected chi connectivity index (χ4v) is 1.59. The number of rotatable bonds is 5. The van der Waals surface area contributed by atoms with Gasteiger partial charge in [-0.15, -0.1) is 0 Å². The molecule has 0 saturated heterocycles. The van der Waals surface area contributed by atoms with Crippen LogP contribution in [0.2, 0.25) is 0 Å². The largest absolute Gasteiger partial charge is 0.362 e. The first-order valence-electron chi connectivity index (χ1n) is 5.50. The number of ether oxygens (including phenoxy) is 1. The van der Waals surface area contributed by atoms with Crippen molar-refractivity contribution in [2.75, 3.05) is 6.61 Å². The lowest BCUT2D eigenvalue weighted by atomic mass is 10.0. The summed E-state index contributed by atoms with van der Waals surface area (Å²) in [6, 6.07) is 7.76. The molecular weight excluding hydrogens is 188 g/mol. The molecule has 0 radical (unpaired) electrons. The Morgan fingerprint density at radius 3 is 2.60 bits per heavy atom. The molecule has 0 saturated carbocycles. The number of benzene rings is 1. The molecule has 1 rings (SSSR count). The SMILES string of the molecule is CCCCOC(C)(O)c1ccccc1C. The van der Waals surface area contributed by atoms with Gasteiger partial charge in [0.25, 0.3) is 0 Å². The second-order valence-electron chi connectivity index (χ2n) is 4.00. The average Bonchev–Trinajstić information content (AvgIpc) is 2.18. The molecule has 0 spiro atoms. The fraction of sp³-hybridized carbons (Fsp3) is 0.538. The van der Waals surface area contributed by atoms with Gasteiger partial charge in [-0.3, -0.25) is 0 Å². The van der Waals surface area contributed by atoms with Crippen LogP contribution < -0.4 is 0 Å². The Balaban J connectivity index is 2.72. The summed E-state index contributed by atoms with van der Waals surface area (Å²) in [6.07, 6.45) is 2.05. The van der Waals surface area contributed by atoms with Gasteiger partial charge in [-0.05, 0) is 25.8 Å². The van der Waals surface area contributed by atoms with Gasteiger partial charge >= 0.3 is 0 Å². The van der Waals surface area contributed by atoms with Crippen molar-refractivity contribution in [2.24, 2.45) is 0 Å². The summed E-state index contributed by atoms with van der Waals surface area (Å²) >= 11 is 0. The first-order valence-corrected chi connectivity index (χ1v) is 5.50. The number of hydrogen-bond acceptors (Lipinski definition) is 2. The average molecular weight is 208 g/mol. The number of hydrogen-bond donors (Lipinski definition) is 1. The normalized spacial score (nSPS) is 14.9. The molecule has 0 aliphatic rings. The van der Waals surface area contributed by atoms with Crippen molar-refractivity contribution in [2.45, 2.75) is 39.4 Å². The highest BCUT2D eigenvalue weighted by atomic mass is 16.6. The topological polar surface area (TPSA) is 29.5 Å². The molecule has 0 heterocycles. The van der Waals surface area contributed by atoms with Crippen LogP contribution in [0, 0.1) is 6.92 Å².